The number of sulfone groups is 1. The van der Waals surface area contributed by atoms with Crippen LogP contribution in [0.25, 0.3) is 0 Å². The molecule has 0 atom stereocenters. The predicted molar refractivity (Wildman–Crippen MR) is 47.2 cm³/mol. The first-order valence-electron chi connectivity index (χ1n) is 3.18. The van der Waals surface area contributed by atoms with E-state index in [9.17, 15) is 17.2 Å². The Labute approximate surface area is 88.6 Å². The van der Waals surface area contributed by atoms with Gasteiger partial charge in [0.15, 0.2) is 0 Å². The van der Waals surface area contributed by atoms with Crippen molar-refractivity contribution in [1.82, 2.24) is 4.98 Å². The predicted octanol–water partition coefficient (Wildman–Crippen LogP) is 2.30. The van der Waals surface area contributed by atoms with Gasteiger partial charge in [-0.25, -0.2) is 13.4 Å². The Morgan fingerprint density at radius 3 is 2.29 bits per heavy atom. The highest BCUT2D eigenvalue weighted by molar-refractivity contribution is 7.93. The van der Waals surface area contributed by atoms with Gasteiger partial charge in [-0.2, -0.15) is 8.78 Å². The molecule has 0 aliphatic carbocycles. The summed E-state index contributed by atoms with van der Waals surface area (Å²) in [5.74, 6) is 0. The van der Waals surface area contributed by atoms with E-state index in [1.807, 2.05) is 0 Å². The number of hydrogen-bond acceptors (Lipinski definition) is 3. The van der Waals surface area contributed by atoms with Crippen LogP contribution < -0.4 is 0 Å². The van der Waals surface area contributed by atoms with Crippen LogP contribution in [0.15, 0.2) is 23.2 Å². The molecule has 0 fully saturated rings. The van der Waals surface area contributed by atoms with Crippen LogP contribution in [-0.2, 0) is 9.84 Å². The van der Waals surface area contributed by atoms with Gasteiger partial charge in [0, 0.05) is 6.20 Å². The monoisotopic (exact) mass is 261 g/mol. The lowest BCUT2D eigenvalue weighted by atomic mass is 10.5. The molecule has 78 valence electrons. The van der Waals surface area contributed by atoms with Gasteiger partial charge in [-0.1, -0.05) is 11.6 Å². The van der Waals surface area contributed by atoms with E-state index in [1.165, 1.54) is 0 Å². The molecule has 1 aromatic rings. The number of pyridine rings is 1. The summed E-state index contributed by atoms with van der Waals surface area (Å²) >= 11 is 9.77. The molecule has 0 bridgehead atoms. The fourth-order valence-electron chi connectivity index (χ4n) is 0.655. The molecule has 0 spiro atoms. The van der Waals surface area contributed by atoms with Gasteiger partial charge in [0.1, 0.15) is 5.15 Å². The second-order valence-electron chi connectivity index (χ2n) is 2.27. The van der Waals surface area contributed by atoms with Gasteiger partial charge in [-0.05, 0) is 23.7 Å². The number of halogens is 4. The van der Waals surface area contributed by atoms with Gasteiger partial charge in [0.05, 0.1) is 4.90 Å². The average Bonchev–Trinajstić information content (AvgIpc) is 2.03. The van der Waals surface area contributed by atoms with Gasteiger partial charge >= 0.3 is 4.71 Å². The lowest BCUT2D eigenvalue weighted by Gasteiger charge is -2.08. The van der Waals surface area contributed by atoms with Crippen LogP contribution in [0.5, 0.6) is 0 Å². The summed E-state index contributed by atoms with van der Waals surface area (Å²) in [4.78, 5) is 2.67. The van der Waals surface area contributed by atoms with Crippen molar-refractivity contribution in [3.63, 3.8) is 0 Å². The fourth-order valence-corrected chi connectivity index (χ4v) is 1.74. The fraction of sp³-hybridized carbons (Fsp3) is 0.167. The molecule has 0 saturated carbocycles. The number of hydrogen-bond donors (Lipinski definition) is 0. The zero-order chi connectivity index (χ0) is 11.0. The largest absolute Gasteiger partial charge is 0.427 e. The maximum Gasteiger partial charge on any atom is 0.427 e. The highest BCUT2D eigenvalue weighted by Gasteiger charge is 2.44. The standard InChI is InChI=1S/C6H3Cl2F2NO2S/c7-5-2-1-4(3-11-5)14(12,13)6(8,9)10/h1-3H. The van der Waals surface area contributed by atoms with Gasteiger partial charge < -0.3 is 0 Å². The van der Waals surface area contributed by atoms with Crippen molar-refractivity contribution < 1.29 is 17.2 Å². The van der Waals surface area contributed by atoms with Gasteiger partial charge in [0.25, 0.3) is 9.84 Å². The lowest BCUT2D eigenvalue weighted by molar-refractivity contribution is 0.187. The van der Waals surface area contributed by atoms with Crippen LogP contribution in [0, 0.1) is 0 Å². The minimum atomic E-state index is -4.88. The SMILES string of the molecule is O=S(=O)(c1ccc(Cl)nc1)C(F)(F)Cl. The van der Waals surface area contributed by atoms with E-state index < -0.39 is 19.4 Å². The van der Waals surface area contributed by atoms with Crippen LogP contribution >= 0.6 is 23.2 Å². The molecule has 1 heterocycles. The molecule has 0 N–H and O–H groups in total. The second kappa shape index (κ2) is 3.60. The Bertz CT molecular complexity index is 426. The Balaban J connectivity index is 3.25. The summed E-state index contributed by atoms with van der Waals surface area (Å²) in [7, 11) is -4.88. The Morgan fingerprint density at radius 2 is 1.93 bits per heavy atom. The van der Waals surface area contributed by atoms with Crippen molar-refractivity contribution in [2.24, 2.45) is 0 Å². The van der Waals surface area contributed by atoms with E-state index in [4.69, 9.17) is 11.6 Å². The summed E-state index contributed by atoms with van der Waals surface area (Å²) < 4.78 is 42.5. The molecule has 0 aliphatic rings. The van der Waals surface area contributed by atoms with E-state index >= 15 is 0 Å². The first-order chi connectivity index (χ1) is 6.25. The summed E-state index contributed by atoms with van der Waals surface area (Å²) in [6.45, 7) is 0. The molecule has 1 rings (SSSR count). The van der Waals surface area contributed by atoms with Crippen molar-refractivity contribution in [2.45, 2.75) is 9.61 Å². The molecule has 0 aromatic carbocycles. The van der Waals surface area contributed by atoms with Crippen LogP contribution in [0.3, 0.4) is 0 Å². The average molecular weight is 262 g/mol. The molecule has 1 aromatic heterocycles. The Kier molecular flexibility index (Phi) is 2.99. The van der Waals surface area contributed by atoms with Crippen LogP contribution in [0.4, 0.5) is 8.78 Å². The van der Waals surface area contributed by atoms with E-state index in [0.29, 0.717) is 6.20 Å². The van der Waals surface area contributed by atoms with Crippen LogP contribution in [0.2, 0.25) is 5.15 Å². The quantitative estimate of drug-likeness (QED) is 0.606. The molecule has 0 radical (unpaired) electrons. The minimum Gasteiger partial charge on any atom is -0.243 e. The topological polar surface area (TPSA) is 47.0 Å². The van der Waals surface area contributed by atoms with Crippen molar-refractivity contribution in [3.05, 3.63) is 23.5 Å². The lowest BCUT2D eigenvalue weighted by Crippen LogP contribution is -2.22. The van der Waals surface area contributed by atoms with Crippen LogP contribution in [-0.4, -0.2) is 18.1 Å². The molecule has 3 nitrogen and oxygen atoms in total. The number of aromatic nitrogens is 1. The molecule has 14 heavy (non-hydrogen) atoms. The molecule has 0 saturated heterocycles. The molecule has 0 unspecified atom stereocenters. The van der Waals surface area contributed by atoms with Crippen molar-refractivity contribution in [1.29, 1.82) is 0 Å². The van der Waals surface area contributed by atoms with E-state index in [-0.39, 0.29) is 5.15 Å². The summed E-state index contributed by atoms with van der Waals surface area (Å²) in [5, 5.41) is 0.00170. The normalized spacial score (nSPS) is 12.9. The molecule has 0 amide bonds. The first kappa shape index (κ1) is 11.6. The zero-order valence-corrected chi connectivity index (χ0v) is 8.74. The van der Waals surface area contributed by atoms with Gasteiger partial charge in [-0.15, -0.1) is 0 Å². The first-order valence-corrected chi connectivity index (χ1v) is 5.42. The Hall–Kier alpha value is -0.460. The Morgan fingerprint density at radius 1 is 1.36 bits per heavy atom. The smallest absolute Gasteiger partial charge is 0.243 e. The molecular weight excluding hydrogens is 259 g/mol. The highest BCUT2D eigenvalue weighted by Crippen LogP contribution is 2.32. The van der Waals surface area contributed by atoms with E-state index in [0.717, 1.165) is 12.1 Å². The minimum absolute atomic E-state index is 0.00170. The summed E-state index contributed by atoms with van der Waals surface area (Å²) in [6, 6.07) is 1.98. The molecule has 8 heteroatoms. The van der Waals surface area contributed by atoms with Gasteiger partial charge in [0.2, 0.25) is 0 Å². The maximum atomic E-state index is 12.4. The van der Waals surface area contributed by atoms with Crippen molar-refractivity contribution in [3.8, 4) is 0 Å². The summed E-state index contributed by atoms with van der Waals surface area (Å²) in [5.41, 5.74) is 0. The zero-order valence-electron chi connectivity index (χ0n) is 6.42. The number of nitrogens with zero attached hydrogens (tertiary/aromatic N) is 1. The maximum absolute atomic E-state index is 12.4. The third-order valence-electron chi connectivity index (χ3n) is 1.32. The highest BCUT2D eigenvalue weighted by atomic mass is 35.5. The second-order valence-corrected chi connectivity index (χ2v) is 5.34. The van der Waals surface area contributed by atoms with E-state index in [2.05, 4.69) is 16.6 Å². The van der Waals surface area contributed by atoms with Crippen LogP contribution in [0.1, 0.15) is 0 Å². The third-order valence-corrected chi connectivity index (χ3v) is 3.62. The molecular formula is C6H3Cl2F2NO2S. The summed E-state index contributed by atoms with van der Waals surface area (Å²) in [6.07, 6.45) is 0.716. The van der Waals surface area contributed by atoms with E-state index in [1.54, 1.807) is 0 Å². The van der Waals surface area contributed by atoms with Gasteiger partial charge in [-0.3, -0.25) is 0 Å². The number of rotatable bonds is 2. The molecule has 0 aliphatic heterocycles. The third kappa shape index (κ3) is 2.13. The number of alkyl halides is 3. The van der Waals surface area contributed by atoms with Crippen molar-refractivity contribution in [2.75, 3.05) is 0 Å². The van der Waals surface area contributed by atoms with Crippen molar-refractivity contribution >= 4 is 33.0 Å².